The number of aliphatic hydroxyl groups excluding tert-OH is 2. The van der Waals surface area contributed by atoms with Gasteiger partial charge in [0.25, 0.3) is 0 Å². The van der Waals surface area contributed by atoms with Crippen LogP contribution in [-0.4, -0.2) is 47.4 Å². The summed E-state index contributed by atoms with van der Waals surface area (Å²) in [6.07, 6.45) is 90.9. The van der Waals surface area contributed by atoms with Gasteiger partial charge in [-0.1, -0.05) is 378 Å². The van der Waals surface area contributed by atoms with Gasteiger partial charge in [-0.05, 0) is 57.8 Å². The molecule has 0 heterocycles. The Hall–Kier alpha value is -1.66. The molecule has 0 radical (unpaired) electrons. The maximum atomic E-state index is 12.6. The summed E-state index contributed by atoms with van der Waals surface area (Å²) in [5.74, 6) is -0.0226. The first-order chi connectivity index (χ1) is 40.5. The molecular formula is C76H147NO5. The molecule has 1 amide bonds. The molecule has 82 heavy (non-hydrogen) atoms. The highest BCUT2D eigenvalue weighted by Gasteiger charge is 2.20. The lowest BCUT2D eigenvalue weighted by atomic mass is 10.0. The van der Waals surface area contributed by atoms with E-state index in [1.54, 1.807) is 0 Å². The van der Waals surface area contributed by atoms with Crippen molar-refractivity contribution in [2.45, 2.75) is 437 Å². The summed E-state index contributed by atoms with van der Waals surface area (Å²) in [4.78, 5) is 24.7. The first kappa shape index (κ1) is 80.3. The molecule has 0 saturated carbocycles. The summed E-state index contributed by atoms with van der Waals surface area (Å²) >= 11 is 0. The molecule has 0 aliphatic heterocycles. The normalized spacial score (nSPS) is 12.6. The molecule has 2 atom stereocenters. The van der Waals surface area contributed by atoms with Crippen molar-refractivity contribution in [1.29, 1.82) is 0 Å². The molecular weight excluding hydrogens is 1010 g/mol. The number of carbonyl (C=O) groups is 2. The van der Waals surface area contributed by atoms with E-state index in [9.17, 15) is 19.8 Å². The smallest absolute Gasteiger partial charge is 0.305 e. The monoisotopic (exact) mass is 1150 g/mol. The van der Waals surface area contributed by atoms with Crippen molar-refractivity contribution in [3.63, 3.8) is 0 Å². The summed E-state index contributed by atoms with van der Waals surface area (Å²) in [6.45, 7) is 4.98. The fourth-order valence-corrected chi connectivity index (χ4v) is 12.0. The van der Waals surface area contributed by atoms with Gasteiger partial charge in [-0.2, -0.15) is 0 Å². The Labute approximate surface area is 513 Å². The molecule has 0 spiro atoms. The van der Waals surface area contributed by atoms with Gasteiger partial charge in [-0.15, -0.1) is 0 Å². The predicted octanol–water partition coefficient (Wildman–Crippen LogP) is 24.5. The minimum Gasteiger partial charge on any atom is -0.466 e. The van der Waals surface area contributed by atoms with Crippen LogP contribution in [0.25, 0.3) is 0 Å². The van der Waals surface area contributed by atoms with E-state index in [0.717, 1.165) is 51.4 Å². The van der Waals surface area contributed by atoms with Crippen molar-refractivity contribution in [3.05, 3.63) is 24.3 Å². The highest BCUT2D eigenvalue weighted by atomic mass is 16.5. The van der Waals surface area contributed by atoms with E-state index in [1.165, 1.54) is 340 Å². The molecule has 0 fully saturated rings. The van der Waals surface area contributed by atoms with E-state index in [0.29, 0.717) is 25.9 Å². The standard InChI is InChI=1S/C76H147NO5/c1-3-5-7-9-11-13-15-17-19-21-23-24-25-26-27-30-33-36-40-44-48-52-56-60-64-68-74(79)73(72-78)77-75(80)69-65-61-57-53-49-45-41-37-34-31-28-29-32-35-39-43-47-51-55-59-63-67-71-82-76(81)70-66-62-58-54-50-46-42-38-22-20-18-16-14-12-10-8-6-4-2/h14,16,20,22,73-74,78-79H,3-13,15,17-19,21,23-72H2,1-2H3,(H,77,80)/b16-14-,22-20-. The van der Waals surface area contributed by atoms with Crippen molar-refractivity contribution in [1.82, 2.24) is 5.32 Å². The number of carbonyl (C=O) groups excluding carboxylic acids is 2. The maximum absolute atomic E-state index is 12.6. The first-order valence-corrected chi connectivity index (χ1v) is 37.6. The Kier molecular flexibility index (Phi) is 70.4. The third kappa shape index (κ3) is 67.5. The Morgan fingerprint density at radius 3 is 0.939 bits per heavy atom. The molecule has 0 aliphatic carbocycles. The zero-order valence-electron chi connectivity index (χ0n) is 55.8. The fraction of sp³-hybridized carbons (Fsp3) is 0.921. The quantitative estimate of drug-likeness (QED) is 0.0320. The molecule has 3 N–H and O–H groups in total. The Morgan fingerprint density at radius 1 is 0.341 bits per heavy atom. The average Bonchev–Trinajstić information content (AvgIpc) is 3.48. The number of hydrogen-bond acceptors (Lipinski definition) is 5. The second-order valence-electron chi connectivity index (χ2n) is 26.0. The highest BCUT2D eigenvalue weighted by molar-refractivity contribution is 5.76. The van der Waals surface area contributed by atoms with Crippen molar-refractivity contribution < 1.29 is 24.5 Å². The van der Waals surface area contributed by atoms with E-state index in [-0.39, 0.29) is 18.5 Å². The lowest BCUT2D eigenvalue weighted by Crippen LogP contribution is -2.45. The number of nitrogens with one attached hydrogen (secondary N) is 1. The van der Waals surface area contributed by atoms with Crippen molar-refractivity contribution in [3.8, 4) is 0 Å². The molecule has 0 aromatic heterocycles. The lowest BCUT2D eigenvalue weighted by molar-refractivity contribution is -0.143. The van der Waals surface area contributed by atoms with Gasteiger partial charge in [0.05, 0.1) is 25.4 Å². The molecule has 0 aromatic carbocycles. The molecule has 0 aromatic rings. The van der Waals surface area contributed by atoms with E-state index >= 15 is 0 Å². The molecule has 6 nitrogen and oxygen atoms in total. The van der Waals surface area contributed by atoms with Gasteiger partial charge in [-0.3, -0.25) is 9.59 Å². The fourth-order valence-electron chi connectivity index (χ4n) is 12.0. The minimum atomic E-state index is -0.666. The number of allylic oxidation sites excluding steroid dienone is 4. The maximum Gasteiger partial charge on any atom is 0.305 e. The van der Waals surface area contributed by atoms with Crippen LogP contribution >= 0.6 is 0 Å². The van der Waals surface area contributed by atoms with Gasteiger partial charge in [0.1, 0.15) is 0 Å². The van der Waals surface area contributed by atoms with E-state index in [1.807, 2.05) is 0 Å². The van der Waals surface area contributed by atoms with Crippen LogP contribution < -0.4 is 5.32 Å². The Bertz CT molecular complexity index is 1280. The molecule has 0 aliphatic rings. The van der Waals surface area contributed by atoms with Gasteiger partial charge in [-0.25, -0.2) is 0 Å². The van der Waals surface area contributed by atoms with Crippen molar-refractivity contribution in [2.75, 3.05) is 13.2 Å². The average molecular weight is 1160 g/mol. The Balaban J connectivity index is 3.37. The molecule has 486 valence electrons. The summed E-state index contributed by atoms with van der Waals surface area (Å²) in [5.41, 5.74) is 0. The van der Waals surface area contributed by atoms with Gasteiger partial charge in [0.15, 0.2) is 0 Å². The number of aliphatic hydroxyl groups is 2. The number of ether oxygens (including phenoxy) is 1. The van der Waals surface area contributed by atoms with Crippen LogP contribution in [0.15, 0.2) is 24.3 Å². The summed E-state index contributed by atoms with van der Waals surface area (Å²) in [5, 5.41) is 23.5. The van der Waals surface area contributed by atoms with Crippen LogP contribution in [0, 0.1) is 0 Å². The topological polar surface area (TPSA) is 95.9 Å². The summed E-state index contributed by atoms with van der Waals surface area (Å²) in [6, 6.07) is -0.543. The van der Waals surface area contributed by atoms with Gasteiger partial charge >= 0.3 is 5.97 Å². The molecule has 0 rings (SSSR count). The Morgan fingerprint density at radius 2 is 0.610 bits per heavy atom. The third-order valence-corrected chi connectivity index (χ3v) is 17.8. The van der Waals surface area contributed by atoms with E-state index in [4.69, 9.17) is 4.74 Å². The van der Waals surface area contributed by atoms with Crippen LogP contribution in [0.2, 0.25) is 0 Å². The zero-order valence-corrected chi connectivity index (χ0v) is 55.8. The molecule has 6 heteroatoms. The molecule has 2 unspecified atom stereocenters. The third-order valence-electron chi connectivity index (χ3n) is 17.8. The highest BCUT2D eigenvalue weighted by Crippen LogP contribution is 2.20. The van der Waals surface area contributed by atoms with Gasteiger partial charge in [0.2, 0.25) is 5.91 Å². The SMILES string of the molecule is CCCCCC/C=C\C/C=C\CCCCCCCCCC(=O)OCCCCCCCCCCCCCCCCCCCCCCCCC(=O)NC(CO)C(O)CCCCCCCCCCCCCCCCCCCCCCCCCCC. The molecule has 0 saturated heterocycles. The first-order valence-electron chi connectivity index (χ1n) is 37.6. The van der Waals surface area contributed by atoms with Crippen molar-refractivity contribution >= 4 is 11.9 Å². The second kappa shape index (κ2) is 71.8. The van der Waals surface area contributed by atoms with Crippen LogP contribution in [0.1, 0.15) is 425 Å². The number of amides is 1. The lowest BCUT2D eigenvalue weighted by Gasteiger charge is -2.22. The largest absolute Gasteiger partial charge is 0.466 e. The zero-order chi connectivity index (χ0) is 59.2. The predicted molar refractivity (Wildman–Crippen MR) is 361 cm³/mol. The summed E-state index contributed by atoms with van der Waals surface area (Å²) in [7, 11) is 0. The molecule has 0 bridgehead atoms. The van der Waals surface area contributed by atoms with Gasteiger partial charge in [0, 0.05) is 12.8 Å². The van der Waals surface area contributed by atoms with Crippen molar-refractivity contribution in [2.24, 2.45) is 0 Å². The van der Waals surface area contributed by atoms with E-state index in [2.05, 4.69) is 43.5 Å². The van der Waals surface area contributed by atoms with Crippen LogP contribution in [0.5, 0.6) is 0 Å². The number of rotatable bonds is 71. The van der Waals surface area contributed by atoms with Crippen LogP contribution in [-0.2, 0) is 14.3 Å². The van der Waals surface area contributed by atoms with E-state index < -0.39 is 12.1 Å². The summed E-state index contributed by atoms with van der Waals surface area (Å²) < 4.78 is 5.50. The van der Waals surface area contributed by atoms with Crippen LogP contribution in [0.4, 0.5) is 0 Å². The number of esters is 1. The van der Waals surface area contributed by atoms with Crippen LogP contribution in [0.3, 0.4) is 0 Å². The minimum absolute atomic E-state index is 0.00724. The number of unbranched alkanes of at least 4 members (excludes halogenated alkanes) is 56. The van der Waals surface area contributed by atoms with Gasteiger partial charge < -0.3 is 20.3 Å². The second-order valence-corrected chi connectivity index (χ2v) is 26.0. The number of hydrogen-bond donors (Lipinski definition) is 3.